The number of rotatable bonds is 5. The fourth-order valence-corrected chi connectivity index (χ4v) is 4.18. The van der Waals surface area contributed by atoms with Crippen LogP contribution in [0.5, 0.6) is 0 Å². The Hall–Kier alpha value is -2.34. The van der Waals surface area contributed by atoms with Crippen LogP contribution in [0.25, 0.3) is 28.5 Å². The number of nitrogens with zero attached hydrogens (tertiary/aromatic N) is 4. The molecular formula is C22H18Cl3N5. The van der Waals surface area contributed by atoms with E-state index in [1.807, 2.05) is 41.9 Å². The second-order valence-electron chi connectivity index (χ2n) is 7.59. The summed E-state index contributed by atoms with van der Waals surface area (Å²) in [5.41, 5.74) is 4.27. The Morgan fingerprint density at radius 1 is 1.03 bits per heavy atom. The Morgan fingerprint density at radius 2 is 1.77 bits per heavy atom. The molecule has 5 rings (SSSR count). The highest BCUT2D eigenvalue weighted by Crippen LogP contribution is 2.36. The fraction of sp³-hybridized carbons (Fsp3) is 0.227. The first-order valence-corrected chi connectivity index (χ1v) is 10.9. The minimum atomic E-state index is 0.510. The van der Waals surface area contributed by atoms with E-state index in [9.17, 15) is 0 Å². The van der Waals surface area contributed by atoms with Crippen LogP contribution < -0.4 is 0 Å². The van der Waals surface area contributed by atoms with E-state index in [0.29, 0.717) is 26.6 Å². The van der Waals surface area contributed by atoms with Gasteiger partial charge in [0.15, 0.2) is 0 Å². The van der Waals surface area contributed by atoms with Crippen LogP contribution in [0, 0.1) is 12.8 Å². The molecule has 2 aromatic carbocycles. The molecular weight excluding hydrogens is 441 g/mol. The van der Waals surface area contributed by atoms with Crippen LogP contribution in [0.15, 0.2) is 42.5 Å². The summed E-state index contributed by atoms with van der Waals surface area (Å²) in [6.07, 6.45) is 3.46. The predicted molar refractivity (Wildman–Crippen MR) is 121 cm³/mol. The molecule has 5 nitrogen and oxygen atoms in total. The Balaban J connectivity index is 1.67. The van der Waals surface area contributed by atoms with Gasteiger partial charge >= 0.3 is 0 Å². The average molecular weight is 459 g/mol. The van der Waals surface area contributed by atoms with Crippen molar-refractivity contribution in [3.63, 3.8) is 0 Å². The average Bonchev–Trinajstić information content (AvgIpc) is 3.30. The Kier molecular flexibility index (Phi) is 5.05. The van der Waals surface area contributed by atoms with Gasteiger partial charge in [0, 0.05) is 27.6 Å². The lowest BCUT2D eigenvalue weighted by Gasteiger charge is -2.11. The van der Waals surface area contributed by atoms with Gasteiger partial charge in [-0.2, -0.15) is 10.2 Å². The van der Waals surface area contributed by atoms with Crippen LogP contribution in [-0.2, 0) is 6.42 Å². The third-order valence-electron chi connectivity index (χ3n) is 5.30. The van der Waals surface area contributed by atoms with E-state index in [2.05, 4.69) is 10.2 Å². The van der Waals surface area contributed by atoms with E-state index < -0.39 is 0 Å². The van der Waals surface area contributed by atoms with Gasteiger partial charge < -0.3 is 0 Å². The molecule has 8 heteroatoms. The molecule has 1 aliphatic carbocycles. The molecule has 0 saturated heterocycles. The van der Waals surface area contributed by atoms with Crippen molar-refractivity contribution in [3.8, 4) is 28.5 Å². The number of halogens is 3. The number of nitrogens with one attached hydrogen (secondary N) is 1. The molecule has 0 atom stereocenters. The van der Waals surface area contributed by atoms with Crippen molar-refractivity contribution in [3.05, 3.63) is 68.9 Å². The molecule has 0 bridgehead atoms. The van der Waals surface area contributed by atoms with Crippen LogP contribution in [0.3, 0.4) is 0 Å². The first kappa shape index (κ1) is 19.6. The highest BCUT2D eigenvalue weighted by atomic mass is 35.5. The fourth-order valence-electron chi connectivity index (χ4n) is 3.57. The molecule has 2 aromatic heterocycles. The molecule has 1 aliphatic rings. The van der Waals surface area contributed by atoms with Crippen LogP contribution in [-0.4, -0.2) is 25.0 Å². The summed E-state index contributed by atoms with van der Waals surface area (Å²) >= 11 is 18.7. The monoisotopic (exact) mass is 457 g/mol. The second-order valence-corrected chi connectivity index (χ2v) is 8.87. The zero-order chi connectivity index (χ0) is 20.8. The third-order valence-corrected chi connectivity index (χ3v) is 6.09. The van der Waals surface area contributed by atoms with E-state index >= 15 is 0 Å². The first-order valence-electron chi connectivity index (χ1n) is 9.72. The molecule has 30 heavy (non-hydrogen) atoms. The van der Waals surface area contributed by atoms with Crippen LogP contribution in [0.1, 0.15) is 24.2 Å². The van der Waals surface area contributed by atoms with Gasteiger partial charge in [0.1, 0.15) is 11.5 Å². The predicted octanol–water partition coefficient (Wildman–Crippen LogP) is 6.55. The Labute approximate surface area is 189 Å². The highest BCUT2D eigenvalue weighted by molar-refractivity contribution is 6.35. The minimum absolute atomic E-state index is 0.510. The molecule has 1 saturated carbocycles. The van der Waals surface area contributed by atoms with Crippen molar-refractivity contribution in [2.24, 2.45) is 5.92 Å². The van der Waals surface area contributed by atoms with Gasteiger partial charge in [0.05, 0.1) is 16.4 Å². The van der Waals surface area contributed by atoms with Crippen molar-refractivity contribution in [1.82, 2.24) is 25.0 Å². The number of H-pyrrole nitrogens is 1. The van der Waals surface area contributed by atoms with Crippen molar-refractivity contribution >= 4 is 34.8 Å². The van der Waals surface area contributed by atoms with E-state index in [1.54, 1.807) is 12.1 Å². The molecule has 0 spiro atoms. The molecule has 2 heterocycles. The lowest BCUT2D eigenvalue weighted by molar-refractivity contribution is 0.774. The summed E-state index contributed by atoms with van der Waals surface area (Å²) in [4.78, 5) is 4.70. The summed E-state index contributed by atoms with van der Waals surface area (Å²) in [5, 5.41) is 14.1. The van der Waals surface area contributed by atoms with Crippen molar-refractivity contribution in [2.75, 3.05) is 0 Å². The summed E-state index contributed by atoms with van der Waals surface area (Å²) in [6, 6.07) is 13.0. The SMILES string of the molecule is Cc1c(-c2n[nH]c(CC3CC3)n2)nn(-c2ccc(Cl)cc2Cl)c1-c1ccc(Cl)cc1. The topological polar surface area (TPSA) is 59.4 Å². The maximum Gasteiger partial charge on any atom is 0.201 e. The largest absolute Gasteiger partial charge is 0.263 e. The molecule has 4 aromatic rings. The maximum atomic E-state index is 6.52. The van der Waals surface area contributed by atoms with Gasteiger partial charge in [-0.1, -0.05) is 46.9 Å². The Morgan fingerprint density at radius 3 is 2.47 bits per heavy atom. The third kappa shape index (κ3) is 3.73. The molecule has 0 amide bonds. The van der Waals surface area contributed by atoms with Crippen LogP contribution in [0.4, 0.5) is 0 Å². The van der Waals surface area contributed by atoms with Gasteiger partial charge in [-0.05, 0) is 56.0 Å². The molecule has 1 N–H and O–H groups in total. The molecule has 0 radical (unpaired) electrons. The van der Waals surface area contributed by atoms with Crippen molar-refractivity contribution in [1.29, 1.82) is 0 Å². The quantitative estimate of drug-likeness (QED) is 0.369. The standard InChI is InChI=1S/C22H18Cl3N5/c1-12-20(22-26-19(27-28-22)10-13-2-3-13)29-30(18-9-8-16(24)11-17(18)25)21(12)14-4-6-15(23)7-5-14/h4-9,11,13H,2-3,10H2,1H3,(H,26,27,28). The van der Waals surface area contributed by atoms with Gasteiger partial charge in [0.25, 0.3) is 0 Å². The summed E-state index contributed by atoms with van der Waals surface area (Å²) in [7, 11) is 0. The lowest BCUT2D eigenvalue weighted by atomic mass is 10.1. The van der Waals surface area contributed by atoms with E-state index in [0.717, 1.165) is 40.7 Å². The minimum Gasteiger partial charge on any atom is -0.263 e. The van der Waals surface area contributed by atoms with Gasteiger partial charge in [-0.15, -0.1) is 0 Å². The zero-order valence-electron chi connectivity index (χ0n) is 16.2. The highest BCUT2D eigenvalue weighted by Gasteiger charge is 2.25. The maximum absolute atomic E-state index is 6.52. The van der Waals surface area contributed by atoms with Crippen molar-refractivity contribution < 1.29 is 0 Å². The van der Waals surface area contributed by atoms with Gasteiger partial charge in [-0.25, -0.2) is 9.67 Å². The lowest BCUT2D eigenvalue weighted by Crippen LogP contribution is -2.00. The number of hydrogen-bond acceptors (Lipinski definition) is 3. The number of aromatic amines is 1. The van der Waals surface area contributed by atoms with E-state index in [-0.39, 0.29) is 0 Å². The number of aromatic nitrogens is 5. The van der Waals surface area contributed by atoms with E-state index in [1.165, 1.54) is 12.8 Å². The summed E-state index contributed by atoms with van der Waals surface area (Å²) in [5.74, 6) is 2.21. The zero-order valence-corrected chi connectivity index (χ0v) is 18.4. The van der Waals surface area contributed by atoms with Gasteiger partial charge in [0.2, 0.25) is 5.82 Å². The Bertz CT molecular complexity index is 1220. The normalized spacial score (nSPS) is 13.7. The summed E-state index contributed by atoms with van der Waals surface area (Å²) < 4.78 is 1.82. The second kappa shape index (κ2) is 7.73. The molecule has 0 unspecified atom stereocenters. The smallest absolute Gasteiger partial charge is 0.201 e. The summed E-state index contributed by atoms with van der Waals surface area (Å²) in [6.45, 7) is 2.02. The molecule has 1 fully saturated rings. The van der Waals surface area contributed by atoms with E-state index in [4.69, 9.17) is 44.9 Å². The van der Waals surface area contributed by atoms with Crippen molar-refractivity contribution in [2.45, 2.75) is 26.2 Å². The first-order chi connectivity index (χ1) is 14.5. The van der Waals surface area contributed by atoms with Gasteiger partial charge in [-0.3, -0.25) is 5.10 Å². The molecule has 152 valence electrons. The van der Waals surface area contributed by atoms with Crippen LogP contribution >= 0.6 is 34.8 Å². The number of hydrogen-bond donors (Lipinski definition) is 1. The van der Waals surface area contributed by atoms with Crippen LogP contribution in [0.2, 0.25) is 15.1 Å². The molecule has 0 aliphatic heterocycles. The number of benzene rings is 2.